The first-order valence-electron chi connectivity index (χ1n) is 6.59. The Morgan fingerprint density at radius 1 is 1.11 bits per heavy atom. The van der Waals surface area contributed by atoms with Crippen LogP contribution < -0.4 is 4.90 Å². The first-order valence-corrected chi connectivity index (χ1v) is 6.59. The molecule has 2 aromatic rings. The molecule has 0 saturated carbocycles. The summed E-state index contributed by atoms with van der Waals surface area (Å²) in [5, 5.41) is 0. The van der Waals surface area contributed by atoms with E-state index in [1.165, 1.54) is 22.3 Å². The van der Waals surface area contributed by atoms with Crippen LogP contribution in [0.4, 0.5) is 5.69 Å². The lowest BCUT2D eigenvalue weighted by Crippen LogP contribution is -2.26. The Labute approximate surface area is 113 Å². The van der Waals surface area contributed by atoms with Gasteiger partial charge in [0.15, 0.2) is 0 Å². The molecule has 96 valence electrons. The van der Waals surface area contributed by atoms with Gasteiger partial charge in [0.2, 0.25) is 5.91 Å². The molecule has 1 aliphatic rings. The molecule has 0 saturated heterocycles. The zero-order chi connectivity index (χ0) is 13.4. The summed E-state index contributed by atoms with van der Waals surface area (Å²) in [6.07, 6.45) is 0.532. The van der Waals surface area contributed by atoms with E-state index in [-0.39, 0.29) is 5.91 Å². The average molecular weight is 251 g/mol. The summed E-state index contributed by atoms with van der Waals surface area (Å²) in [5.74, 6) is 0.201. The molecular formula is C17H17NO. The molecule has 0 bridgehead atoms. The van der Waals surface area contributed by atoms with Crippen molar-refractivity contribution in [2.75, 3.05) is 4.90 Å². The number of carbonyl (C=O) groups is 1. The molecule has 0 fully saturated rings. The highest BCUT2D eigenvalue weighted by Crippen LogP contribution is 2.34. The Hall–Kier alpha value is -2.09. The zero-order valence-electron chi connectivity index (χ0n) is 11.3. The minimum absolute atomic E-state index is 0.201. The fraction of sp³-hybridized carbons (Fsp3) is 0.235. The summed E-state index contributed by atoms with van der Waals surface area (Å²) >= 11 is 0. The van der Waals surface area contributed by atoms with E-state index < -0.39 is 0 Å². The fourth-order valence-electron chi connectivity index (χ4n) is 2.89. The number of rotatable bonds is 2. The van der Waals surface area contributed by atoms with Crippen LogP contribution in [0.2, 0.25) is 0 Å². The van der Waals surface area contributed by atoms with E-state index in [0.717, 1.165) is 5.69 Å². The lowest BCUT2D eigenvalue weighted by molar-refractivity contribution is -0.117. The van der Waals surface area contributed by atoms with Crippen LogP contribution in [0.25, 0.3) is 0 Å². The Kier molecular flexibility index (Phi) is 2.86. The largest absolute Gasteiger partial charge is 0.307 e. The molecule has 1 amide bonds. The van der Waals surface area contributed by atoms with Gasteiger partial charge in [-0.05, 0) is 30.5 Å². The van der Waals surface area contributed by atoms with Crippen molar-refractivity contribution in [2.45, 2.75) is 26.8 Å². The number of aryl methyl sites for hydroxylation is 2. The van der Waals surface area contributed by atoms with Gasteiger partial charge in [0.05, 0.1) is 18.7 Å². The average Bonchev–Trinajstić information content (AvgIpc) is 2.67. The maximum atomic E-state index is 12.2. The van der Waals surface area contributed by atoms with Gasteiger partial charge < -0.3 is 4.90 Å². The minimum atomic E-state index is 0.201. The van der Waals surface area contributed by atoms with Crippen molar-refractivity contribution in [3.05, 3.63) is 64.7 Å². The number of anilines is 1. The van der Waals surface area contributed by atoms with Gasteiger partial charge >= 0.3 is 0 Å². The maximum Gasteiger partial charge on any atom is 0.231 e. The van der Waals surface area contributed by atoms with E-state index in [2.05, 4.69) is 38.1 Å². The Morgan fingerprint density at radius 2 is 1.84 bits per heavy atom. The molecule has 0 N–H and O–H groups in total. The van der Waals surface area contributed by atoms with Crippen molar-refractivity contribution < 1.29 is 4.79 Å². The fourth-order valence-corrected chi connectivity index (χ4v) is 2.89. The summed E-state index contributed by atoms with van der Waals surface area (Å²) in [6, 6.07) is 14.4. The van der Waals surface area contributed by atoms with Crippen LogP contribution in [0, 0.1) is 13.8 Å². The number of nitrogens with zero attached hydrogens (tertiary/aromatic N) is 1. The molecule has 2 heteroatoms. The highest BCUT2D eigenvalue weighted by Gasteiger charge is 2.28. The van der Waals surface area contributed by atoms with Crippen molar-refractivity contribution in [1.82, 2.24) is 0 Å². The number of fused-ring (bicyclic) bond motifs is 1. The summed E-state index contributed by atoms with van der Waals surface area (Å²) in [5.41, 5.74) is 5.86. The molecule has 0 aliphatic carbocycles. The maximum absolute atomic E-state index is 12.2. The molecule has 19 heavy (non-hydrogen) atoms. The van der Waals surface area contributed by atoms with Crippen molar-refractivity contribution >= 4 is 11.6 Å². The lowest BCUT2D eigenvalue weighted by atomic mass is 10.0. The number of amides is 1. The van der Waals surface area contributed by atoms with Gasteiger partial charge in [0, 0.05) is 0 Å². The van der Waals surface area contributed by atoms with Crippen LogP contribution in [-0.4, -0.2) is 5.91 Å². The highest BCUT2D eigenvalue weighted by molar-refractivity contribution is 6.02. The van der Waals surface area contributed by atoms with Crippen molar-refractivity contribution in [1.29, 1.82) is 0 Å². The van der Waals surface area contributed by atoms with Gasteiger partial charge in [0.25, 0.3) is 0 Å². The van der Waals surface area contributed by atoms with E-state index in [9.17, 15) is 4.79 Å². The molecule has 2 nitrogen and oxygen atoms in total. The Morgan fingerprint density at radius 3 is 2.58 bits per heavy atom. The number of hydrogen-bond donors (Lipinski definition) is 0. The third kappa shape index (κ3) is 2.14. The van der Waals surface area contributed by atoms with Crippen LogP contribution in [-0.2, 0) is 17.8 Å². The first kappa shape index (κ1) is 12.0. The Bertz CT molecular complexity index is 631. The van der Waals surface area contributed by atoms with Crippen LogP contribution >= 0.6 is 0 Å². The molecule has 1 heterocycles. The van der Waals surface area contributed by atoms with Gasteiger partial charge in [-0.15, -0.1) is 0 Å². The number of hydrogen-bond acceptors (Lipinski definition) is 1. The standard InChI is InChI=1S/C17H17NO/c1-12-8-13(2)17-15(9-12)10-16(19)18(17)11-14-6-4-3-5-7-14/h3-9H,10-11H2,1-2H3. The smallest absolute Gasteiger partial charge is 0.231 e. The molecule has 0 aromatic heterocycles. The topological polar surface area (TPSA) is 20.3 Å². The molecule has 2 aromatic carbocycles. The molecule has 0 atom stereocenters. The normalized spacial score (nSPS) is 13.8. The summed E-state index contributed by atoms with van der Waals surface area (Å²) in [6.45, 7) is 4.83. The van der Waals surface area contributed by atoms with Gasteiger partial charge in [-0.25, -0.2) is 0 Å². The minimum Gasteiger partial charge on any atom is -0.307 e. The zero-order valence-corrected chi connectivity index (χ0v) is 11.3. The van der Waals surface area contributed by atoms with Crippen LogP contribution in [0.5, 0.6) is 0 Å². The predicted octanol–water partition coefficient (Wildman–Crippen LogP) is 3.39. The molecule has 1 aliphatic heterocycles. The SMILES string of the molecule is Cc1cc(C)c2c(c1)CC(=O)N2Cc1ccccc1. The lowest BCUT2D eigenvalue weighted by Gasteiger charge is -2.20. The molecule has 0 radical (unpaired) electrons. The second kappa shape index (κ2) is 4.54. The monoisotopic (exact) mass is 251 g/mol. The van der Waals surface area contributed by atoms with Crippen molar-refractivity contribution in [3.8, 4) is 0 Å². The Balaban J connectivity index is 1.99. The van der Waals surface area contributed by atoms with Crippen LogP contribution in [0.1, 0.15) is 22.3 Å². The second-order valence-electron chi connectivity index (χ2n) is 5.23. The molecule has 3 rings (SSSR count). The summed E-state index contributed by atoms with van der Waals surface area (Å²) in [4.78, 5) is 14.1. The van der Waals surface area contributed by atoms with E-state index in [1.807, 2.05) is 23.1 Å². The molecular weight excluding hydrogens is 234 g/mol. The summed E-state index contributed by atoms with van der Waals surface area (Å²) < 4.78 is 0. The van der Waals surface area contributed by atoms with Gasteiger partial charge in [-0.2, -0.15) is 0 Å². The predicted molar refractivity (Wildman–Crippen MR) is 77.3 cm³/mol. The summed E-state index contributed by atoms with van der Waals surface area (Å²) in [7, 11) is 0. The third-order valence-electron chi connectivity index (χ3n) is 3.62. The number of carbonyl (C=O) groups excluding carboxylic acids is 1. The highest BCUT2D eigenvalue weighted by atomic mass is 16.2. The van der Waals surface area contributed by atoms with Gasteiger partial charge in [-0.3, -0.25) is 4.79 Å². The van der Waals surface area contributed by atoms with Crippen LogP contribution in [0.3, 0.4) is 0 Å². The molecule has 0 unspecified atom stereocenters. The quantitative estimate of drug-likeness (QED) is 0.801. The van der Waals surface area contributed by atoms with E-state index in [1.54, 1.807) is 0 Å². The third-order valence-corrected chi connectivity index (χ3v) is 3.62. The van der Waals surface area contributed by atoms with E-state index in [4.69, 9.17) is 0 Å². The van der Waals surface area contributed by atoms with Gasteiger partial charge in [-0.1, -0.05) is 48.0 Å². The van der Waals surface area contributed by atoms with Crippen LogP contribution in [0.15, 0.2) is 42.5 Å². The second-order valence-corrected chi connectivity index (χ2v) is 5.23. The molecule has 0 spiro atoms. The van der Waals surface area contributed by atoms with Crippen molar-refractivity contribution in [3.63, 3.8) is 0 Å². The van der Waals surface area contributed by atoms with Crippen molar-refractivity contribution in [2.24, 2.45) is 0 Å². The number of benzene rings is 2. The van der Waals surface area contributed by atoms with E-state index >= 15 is 0 Å². The van der Waals surface area contributed by atoms with E-state index in [0.29, 0.717) is 13.0 Å². The first-order chi connectivity index (χ1) is 9.15. The van der Waals surface area contributed by atoms with Gasteiger partial charge in [0.1, 0.15) is 0 Å².